The third kappa shape index (κ3) is 5.33. The molecule has 2 nitrogen and oxygen atoms in total. The van der Waals surface area contributed by atoms with Crippen LogP contribution in [0.15, 0.2) is 24.3 Å². The number of aryl methyl sites for hydroxylation is 1. The summed E-state index contributed by atoms with van der Waals surface area (Å²) in [6.07, 6.45) is 1.06. The van der Waals surface area contributed by atoms with Gasteiger partial charge in [0.15, 0.2) is 0 Å². The number of nitrogens with one attached hydrogen (secondary N) is 1. The van der Waals surface area contributed by atoms with Crippen LogP contribution in [0.4, 0.5) is 0 Å². The molecular weight excluding hydrogens is 232 g/mol. The molecule has 1 aromatic rings. The van der Waals surface area contributed by atoms with E-state index in [1.54, 1.807) is 0 Å². The van der Waals surface area contributed by atoms with Gasteiger partial charge in [-0.2, -0.15) is 0 Å². The lowest BCUT2D eigenvalue weighted by atomic mass is 9.83. The van der Waals surface area contributed by atoms with Crippen molar-refractivity contribution in [2.75, 3.05) is 19.6 Å². The summed E-state index contributed by atoms with van der Waals surface area (Å²) in [6, 6.07) is 8.80. The lowest BCUT2D eigenvalue weighted by Crippen LogP contribution is -2.38. The van der Waals surface area contributed by atoms with Gasteiger partial charge in [-0.3, -0.25) is 0 Å². The van der Waals surface area contributed by atoms with Crippen molar-refractivity contribution in [2.24, 2.45) is 11.1 Å². The molecule has 0 bridgehead atoms. The van der Waals surface area contributed by atoms with Crippen LogP contribution in [-0.2, 0) is 5.41 Å². The van der Waals surface area contributed by atoms with Crippen molar-refractivity contribution in [1.82, 2.24) is 5.32 Å². The molecule has 0 fully saturated rings. The third-order valence-electron chi connectivity index (χ3n) is 3.79. The van der Waals surface area contributed by atoms with Crippen LogP contribution in [0.5, 0.6) is 0 Å². The molecule has 0 aromatic heterocycles. The second-order valence-electron chi connectivity index (χ2n) is 7.06. The first kappa shape index (κ1) is 16.2. The van der Waals surface area contributed by atoms with E-state index < -0.39 is 0 Å². The second-order valence-corrected chi connectivity index (χ2v) is 7.06. The number of benzene rings is 1. The maximum absolute atomic E-state index is 5.65. The maximum atomic E-state index is 5.65. The van der Waals surface area contributed by atoms with Crippen LogP contribution in [-0.4, -0.2) is 19.6 Å². The first-order chi connectivity index (χ1) is 8.77. The van der Waals surface area contributed by atoms with E-state index in [1.807, 2.05) is 0 Å². The van der Waals surface area contributed by atoms with Gasteiger partial charge in [0, 0.05) is 18.5 Å². The SMILES string of the molecule is Cc1cccc(C(C)(C)CNCC(C)(C)CCN)c1. The zero-order chi connectivity index (χ0) is 14.5. The Morgan fingerprint density at radius 1 is 1.11 bits per heavy atom. The van der Waals surface area contributed by atoms with Gasteiger partial charge in [-0.05, 0) is 30.9 Å². The van der Waals surface area contributed by atoms with Gasteiger partial charge >= 0.3 is 0 Å². The summed E-state index contributed by atoms with van der Waals surface area (Å²) in [5.41, 5.74) is 8.81. The standard InChI is InChI=1S/C17H30N2/c1-14-7-6-8-15(11-14)17(4,5)13-19-12-16(2,3)9-10-18/h6-8,11,19H,9-10,12-13,18H2,1-5H3. The lowest BCUT2D eigenvalue weighted by molar-refractivity contribution is 0.305. The van der Waals surface area contributed by atoms with Crippen LogP contribution in [0.3, 0.4) is 0 Å². The molecule has 3 N–H and O–H groups in total. The number of hydrogen-bond donors (Lipinski definition) is 2. The van der Waals surface area contributed by atoms with Crippen molar-refractivity contribution in [3.05, 3.63) is 35.4 Å². The van der Waals surface area contributed by atoms with Crippen molar-refractivity contribution in [2.45, 2.75) is 46.5 Å². The Kier molecular flexibility index (Phi) is 5.57. The summed E-state index contributed by atoms with van der Waals surface area (Å²) >= 11 is 0. The van der Waals surface area contributed by atoms with Crippen LogP contribution in [0, 0.1) is 12.3 Å². The normalized spacial score (nSPS) is 12.7. The molecule has 0 aliphatic rings. The molecule has 1 rings (SSSR count). The Morgan fingerprint density at radius 2 is 1.79 bits per heavy atom. The molecule has 0 unspecified atom stereocenters. The molecule has 0 heterocycles. The average Bonchev–Trinajstić information content (AvgIpc) is 2.28. The predicted molar refractivity (Wildman–Crippen MR) is 84.5 cm³/mol. The van der Waals surface area contributed by atoms with E-state index in [2.05, 4.69) is 64.2 Å². The molecule has 0 aliphatic heterocycles. The van der Waals surface area contributed by atoms with Gasteiger partial charge in [0.2, 0.25) is 0 Å². The summed E-state index contributed by atoms with van der Waals surface area (Å²) in [6.45, 7) is 14.0. The Hall–Kier alpha value is -0.860. The van der Waals surface area contributed by atoms with Crippen LogP contribution >= 0.6 is 0 Å². The van der Waals surface area contributed by atoms with Gasteiger partial charge in [0.1, 0.15) is 0 Å². The lowest BCUT2D eigenvalue weighted by Gasteiger charge is -2.30. The van der Waals surface area contributed by atoms with E-state index in [0.717, 1.165) is 26.1 Å². The fourth-order valence-corrected chi connectivity index (χ4v) is 2.36. The molecule has 0 amide bonds. The third-order valence-corrected chi connectivity index (χ3v) is 3.79. The van der Waals surface area contributed by atoms with E-state index in [4.69, 9.17) is 5.73 Å². The van der Waals surface area contributed by atoms with Crippen LogP contribution in [0.2, 0.25) is 0 Å². The minimum atomic E-state index is 0.158. The predicted octanol–water partition coefficient (Wildman–Crippen LogP) is 3.24. The zero-order valence-corrected chi connectivity index (χ0v) is 13.2. The Balaban J connectivity index is 2.56. The summed E-state index contributed by atoms with van der Waals surface area (Å²) in [5.74, 6) is 0. The molecule has 2 heteroatoms. The number of nitrogens with two attached hydrogens (primary N) is 1. The first-order valence-electron chi connectivity index (χ1n) is 7.25. The van der Waals surface area contributed by atoms with Crippen LogP contribution < -0.4 is 11.1 Å². The Morgan fingerprint density at radius 3 is 2.37 bits per heavy atom. The van der Waals surface area contributed by atoms with Crippen LogP contribution in [0.1, 0.15) is 45.2 Å². The van der Waals surface area contributed by atoms with Gasteiger partial charge in [0.05, 0.1) is 0 Å². The van der Waals surface area contributed by atoms with E-state index in [1.165, 1.54) is 11.1 Å². The van der Waals surface area contributed by atoms with Crippen molar-refractivity contribution in [3.8, 4) is 0 Å². The molecule has 0 radical (unpaired) electrons. The Labute approximate surface area is 118 Å². The van der Waals surface area contributed by atoms with Gasteiger partial charge in [-0.15, -0.1) is 0 Å². The number of rotatable bonds is 7. The molecule has 0 saturated heterocycles. The van der Waals surface area contributed by atoms with Crippen molar-refractivity contribution < 1.29 is 0 Å². The topological polar surface area (TPSA) is 38.0 Å². The highest BCUT2D eigenvalue weighted by molar-refractivity contribution is 5.28. The highest BCUT2D eigenvalue weighted by atomic mass is 14.9. The quantitative estimate of drug-likeness (QED) is 0.791. The largest absolute Gasteiger partial charge is 0.330 e. The van der Waals surface area contributed by atoms with E-state index in [-0.39, 0.29) is 10.8 Å². The summed E-state index contributed by atoms with van der Waals surface area (Å²) in [7, 11) is 0. The highest BCUT2D eigenvalue weighted by Crippen LogP contribution is 2.24. The zero-order valence-electron chi connectivity index (χ0n) is 13.2. The van der Waals surface area contributed by atoms with E-state index in [9.17, 15) is 0 Å². The van der Waals surface area contributed by atoms with Crippen molar-refractivity contribution in [1.29, 1.82) is 0 Å². The summed E-state index contributed by atoms with van der Waals surface area (Å²) in [4.78, 5) is 0. The smallest absolute Gasteiger partial charge is 0.00434 e. The average molecular weight is 262 g/mol. The molecule has 0 atom stereocenters. The number of hydrogen-bond acceptors (Lipinski definition) is 2. The monoisotopic (exact) mass is 262 g/mol. The van der Waals surface area contributed by atoms with Crippen molar-refractivity contribution in [3.63, 3.8) is 0 Å². The molecule has 108 valence electrons. The fourth-order valence-electron chi connectivity index (χ4n) is 2.36. The first-order valence-corrected chi connectivity index (χ1v) is 7.25. The molecule has 19 heavy (non-hydrogen) atoms. The maximum Gasteiger partial charge on any atom is 0.00434 e. The van der Waals surface area contributed by atoms with Gasteiger partial charge in [0.25, 0.3) is 0 Å². The van der Waals surface area contributed by atoms with E-state index in [0.29, 0.717) is 0 Å². The molecule has 0 aliphatic carbocycles. The van der Waals surface area contributed by atoms with Crippen LogP contribution in [0.25, 0.3) is 0 Å². The minimum Gasteiger partial charge on any atom is -0.330 e. The van der Waals surface area contributed by atoms with E-state index >= 15 is 0 Å². The van der Waals surface area contributed by atoms with Crippen molar-refractivity contribution >= 4 is 0 Å². The fraction of sp³-hybridized carbons (Fsp3) is 0.647. The summed E-state index contributed by atoms with van der Waals surface area (Å²) in [5, 5.41) is 3.61. The van der Waals surface area contributed by atoms with Gasteiger partial charge in [-0.25, -0.2) is 0 Å². The minimum absolute atomic E-state index is 0.158. The second kappa shape index (κ2) is 6.53. The molecule has 0 spiro atoms. The molecule has 1 aromatic carbocycles. The Bertz CT molecular complexity index is 394. The highest BCUT2D eigenvalue weighted by Gasteiger charge is 2.22. The van der Waals surface area contributed by atoms with Gasteiger partial charge in [-0.1, -0.05) is 57.5 Å². The van der Waals surface area contributed by atoms with Gasteiger partial charge < -0.3 is 11.1 Å². The molecular formula is C17H30N2. The summed E-state index contributed by atoms with van der Waals surface area (Å²) < 4.78 is 0. The molecule has 0 saturated carbocycles.